The van der Waals surface area contributed by atoms with E-state index in [4.69, 9.17) is 0 Å². The molecule has 0 saturated carbocycles. The third-order valence-corrected chi connectivity index (χ3v) is 6.86. The van der Waals surface area contributed by atoms with E-state index in [1.165, 1.54) is 19.3 Å². The van der Waals surface area contributed by atoms with Gasteiger partial charge in [-0.25, -0.2) is 0 Å². The lowest BCUT2D eigenvalue weighted by Crippen LogP contribution is -2.48. The Kier molecular flexibility index (Phi) is 4.31. The number of rotatable bonds is 3. The van der Waals surface area contributed by atoms with E-state index in [1.807, 2.05) is 31.4 Å². The maximum absolute atomic E-state index is 10.7. The quantitative estimate of drug-likeness (QED) is 0.529. The molecule has 0 amide bonds. The van der Waals surface area contributed by atoms with Crippen LogP contribution >= 0.6 is 0 Å². The number of phenols is 1. The molecular weight excluding hydrogens is 388 g/mol. The lowest BCUT2D eigenvalue weighted by molar-refractivity contribution is 0.190. The fourth-order valence-electron chi connectivity index (χ4n) is 5.34. The second-order valence-electron chi connectivity index (χ2n) is 8.98. The standard InChI is InChI=1S/C24H26N6O/c1-29-14-17(13-25-29)15-5-6-21(23(31)10-15)22-9-16-7-8-30(24(16)28-27-22)20-11-18-3-2-4-19(12-20)26-18/h5-10,13-14,18-20,26,31H,2-4,11-12H2,1H3/t18-,19+,20?. The van der Waals surface area contributed by atoms with Gasteiger partial charge in [0.2, 0.25) is 0 Å². The van der Waals surface area contributed by atoms with E-state index in [-0.39, 0.29) is 5.75 Å². The lowest BCUT2D eigenvalue weighted by atomic mass is 9.84. The first-order valence-electron chi connectivity index (χ1n) is 11.1. The molecule has 2 saturated heterocycles. The Morgan fingerprint density at radius 3 is 2.61 bits per heavy atom. The second-order valence-corrected chi connectivity index (χ2v) is 8.98. The number of benzene rings is 1. The Morgan fingerprint density at radius 2 is 1.87 bits per heavy atom. The molecule has 0 spiro atoms. The van der Waals surface area contributed by atoms with Gasteiger partial charge < -0.3 is 15.0 Å². The topological polar surface area (TPSA) is 80.8 Å². The van der Waals surface area contributed by atoms with E-state index in [1.54, 1.807) is 16.9 Å². The van der Waals surface area contributed by atoms with Crippen LogP contribution in [0.25, 0.3) is 33.4 Å². The normalized spacial score (nSPS) is 23.3. The third kappa shape index (κ3) is 3.29. The summed E-state index contributed by atoms with van der Waals surface area (Å²) < 4.78 is 4.06. The largest absolute Gasteiger partial charge is 0.507 e. The van der Waals surface area contributed by atoms with Gasteiger partial charge in [-0.15, -0.1) is 10.2 Å². The first-order valence-corrected chi connectivity index (χ1v) is 11.1. The number of aryl methyl sites for hydroxylation is 1. The van der Waals surface area contributed by atoms with Crippen LogP contribution in [0.2, 0.25) is 0 Å². The average Bonchev–Trinajstić information content (AvgIpc) is 3.39. The number of hydrogen-bond donors (Lipinski definition) is 2. The van der Waals surface area contributed by atoms with Crippen LogP contribution in [0.4, 0.5) is 0 Å². The van der Waals surface area contributed by atoms with Crippen molar-refractivity contribution in [2.45, 2.75) is 50.2 Å². The van der Waals surface area contributed by atoms with Crippen molar-refractivity contribution in [2.24, 2.45) is 7.05 Å². The molecule has 4 aromatic rings. The van der Waals surface area contributed by atoms with Gasteiger partial charge in [0.15, 0.2) is 5.65 Å². The van der Waals surface area contributed by atoms with Crippen molar-refractivity contribution < 1.29 is 5.11 Å². The molecule has 7 nitrogen and oxygen atoms in total. The van der Waals surface area contributed by atoms with Gasteiger partial charge in [0.05, 0.1) is 11.9 Å². The molecule has 6 rings (SSSR count). The van der Waals surface area contributed by atoms with Crippen molar-refractivity contribution in [3.63, 3.8) is 0 Å². The Labute approximate surface area is 180 Å². The average molecular weight is 415 g/mol. The Balaban J connectivity index is 1.31. The molecule has 2 aliphatic heterocycles. The highest BCUT2D eigenvalue weighted by Gasteiger charge is 2.32. The predicted octanol–water partition coefficient (Wildman–Crippen LogP) is 4.05. The van der Waals surface area contributed by atoms with Crippen molar-refractivity contribution in [1.82, 2.24) is 29.9 Å². The Hall–Kier alpha value is -3.19. The van der Waals surface area contributed by atoms with Crippen LogP contribution in [0.3, 0.4) is 0 Å². The molecular formula is C24H26N6O. The third-order valence-electron chi connectivity index (χ3n) is 6.86. The van der Waals surface area contributed by atoms with Crippen LogP contribution in [-0.4, -0.2) is 41.7 Å². The van der Waals surface area contributed by atoms with Gasteiger partial charge in [-0.2, -0.15) is 5.10 Å². The minimum atomic E-state index is 0.195. The second kappa shape index (κ2) is 7.20. The molecule has 0 radical (unpaired) electrons. The van der Waals surface area contributed by atoms with E-state index in [0.717, 1.165) is 35.0 Å². The predicted molar refractivity (Wildman–Crippen MR) is 120 cm³/mol. The van der Waals surface area contributed by atoms with Gasteiger partial charge in [-0.1, -0.05) is 12.5 Å². The van der Waals surface area contributed by atoms with Crippen molar-refractivity contribution in [3.05, 3.63) is 48.9 Å². The molecule has 2 fully saturated rings. The highest BCUT2D eigenvalue weighted by Crippen LogP contribution is 2.36. The van der Waals surface area contributed by atoms with Gasteiger partial charge in [0, 0.05) is 54.1 Å². The van der Waals surface area contributed by atoms with Crippen LogP contribution in [0.5, 0.6) is 5.75 Å². The van der Waals surface area contributed by atoms with Crippen molar-refractivity contribution in [2.75, 3.05) is 0 Å². The SMILES string of the molecule is Cn1cc(-c2ccc(-c3cc4ccn(C5C[C@H]6CCC[C@@H](C5)N6)c4nn3)c(O)c2)cn1. The van der Waals surface area contributed by atoms with Gasteiger partial charge >= 0.3 is 0 Å². The summed E-state index contributed by atoms with van der Waals surface area (Å²) in [7, 11) is 1.88. The summed E-state index contributed by atoms with van der Waals surface area (Å²) >= 11 is 0. The zero-order valence-electron chi connectivity index (χ0n) is 17.6. The lowest BCUT2D eigenvalue weighted by Gasteiger charge is -2.40. The summed E-state index contributed by atoms with van der Waals surface area (Å²) in [5.74, 6) is 0.195. The molecule has 3 aromatic heterocycles. The number of aromatic nitrogens is 5. The van der Waals surface area contributed by atoms with E-state index < -0.39 is 0 Å². The smallest absolute Gasteiger partial charge is 0.162 e. The zero-order chi connectivity index (χ0) is 20.9. The molecule has 0 aliphatic carbocycles. The van der Waals surface area contributed by atoms with Crippen LogP contribution in [0.1, 0.15) is 38.1 Å². The summed E-state index contributed by atoms with van der Waals surface area (Å²) in [6.07, 6.45) is 12.1. The molecule has 1 aromatic carbocycles. The van der Waals surface area contributed by atoms with Gasteiger partial charge in [0.25, 0.3) is 0 Å². The first-order chi connectivity index (χ1) is 15.1. The summed E-state index contributed by atoms with van der Waals surface area (Å²) in [4.78, 5) is 0. The van der Waals surface area contributed by atoms with Gasteiger partial charge in [-0.05, 0) is 55.5 Å². The number of aromatic hydroxyl groups is 1. The summed E-state index contributed by atoms with van der Waals surface area (Å²) in [5.41, 5.74) is 4.19. The van der Waals surface area contributed by atoms with Crippen LogP contribution in [0.15, 0.2) is 48.9 Å². The molecule has 1 unspecified atom stereocenters. The molecule has 7 heteroatoms. The van der Waals surface area contributed by atoms with E-state index in [9.17, 15) is 5.11 Å². The van der Waals surface area contributed by atoms with Crippen LogP contribution < -0.4 is 5.32 Å². The Morgan fingerprint density at radius 1 is 1.03 bits per heavy atom. The fraction of sp³-hybridized carbons (Fsp3) is 0.375. The molecule has 158 valence electrons. The highest BCUT2D eigenvalue weighted by molar-refractivity contribution is 5.82. The Bertz CT molecular complexity index is 1250. The molecule has 3 atom stereocenters. The number of nitrogens with one attached hydrogen (secondary N) is 1. The molecule has 31 heavy (non-hydrogen) atoms. The highest BCUT2D eigenvalue weighted by atomic mass is 16.3. The first kappa shape index (κ1) is 18.6. The maximum atomic E-state index is 10.7. The van der Waals surface area contributed by atoms with Crippen molar-refractivity contribution in [1.29, 1.82) is 0 Å². The minimum absolute atomic E-state index is 0.195. The molecule has 5 heterocycles. The monoisotopic (exact) mass is 414 g/mol. The van der Waals surface area contributed by atoms with Crippen LogP contribution in [0, 0.1) is 0 Å². The molecule has 2 aliphatic rings. The molecule has 2 bridgehead atoms. The van der Waals surface area contributed by atoms with Crippen molar-refractivity contribution >= 4 is 11.0 Å². The van der Waals surface area contributed by atoms with E-state index >= 15 is 0 Å². The van der Waals surface area contributed by atoms with Crippen molar-refractivity contribution in [3.8, 4) is 28.1 Å². The van der Waals surface area contributed by atoms with Gasteiger partial charge in [0.1, 0.15) is 5.75 Å². The zero-order valence-corrected chi connectivity index (χ0v) is 17.6. The number of fused-ring (bicyclic) bond motifs is 3. The van der Waals surface area contributed by atoms with E-state index in [0.29, 0.717) is 29.4 Å². The fourth-order valence-corrected chi connectivity index (χ4v) is 5.34. The number of nitrogens with zero attached hydrogens (tertiary/aromatic N) is 5. The number of hydrogen-bond acceptors (Lipinski definition) is 5. The van der Waals surface area contributed by atoms with E-state index in [2.05, 4.69) is 37.4 Å². The summed E-state index contributed by atoms with van der Waals surface area (Å²) in [6.45, 7) is 0. The maximum Gasteiger partial charge on any atom is 0.162 e. The molecule has 2 N–H and O–H groups in total. The number of phenolic OH excluding ortho intramolecular Hbond substituents is 1. The number of piperidine rings is 2. The van der Waals surface area contributed by atoms with Gasteiger partial charge in [-0.3, -0.25) is 4.68 Å². The summed E-state index contributed by atoms with van der Waals surface area (Å²) in [6, 6.07) is 11.5. The summed E-state index contributed by atoms with van der Waals surface area (Å²) in [5, 5.41) is 28.8. The van der Waals surface area contributed by atoms with Crippen LogP contribution in [-0.2, 0) is 7.05 Å². The minimum Gasteiger partial charge on any atom is -0.507 e.